The quantitative estimate of drug-likeness (QED) is 0.741. The Labute approximate surface area is 176 Å². The van der Waals surface area contributed by atoms with Crippen molar-refractivity contribution in [2.75, 3.05) is 25.0 Å². The second kappa shape index (κ2) is 9.76. The Morgan fingerprint density at radius 3 is 2.56 bits per heavy atom. The van der Waals surface area contributed by atoms with Crippen LogP contribution in [0.2, 0.25) is 10.0 Å². The van der Waals surface area contributed by atoms with Crippen molar-refractivity contribution in [2.24, 2.45) is 11.7 Å². The summed E-state index contributed by atoms with van der Waals surface area (Å²) in [5.41, 5.74) is 7.85. The number of benzene rings is 2. The third-order valence-corrected chi connectivity index (χ3v) is 5.66. The van der Waals surface area contributed by atoms with Crippen molar-refractivity contribution in [3.05, 3.63) is 64.1 Å². The van der Waals surface area contributed by atoms with Gasteiger partial charge in [0.15, 0.2) is 0 Å². The monoisotopic (exact) mass is 427 g/mol. The van der Waals surface area contributed by atoms with Crippen molar-refractivity contribution in [3.63, 3.8) is 0 Å². The maximum absolute atomic E-state index is 12.7. The summed E-state index contributed by atoms with van der Waals surface area (Å²) in [4.78, 5) is 14.9. The number of anilines is 1. The number of rotatable bonds is 5. The highest BCUT2D eigenvalue weighted by molar-refractivity contribution is 6.36. The van der Waals surface area contributed by atoms with E-state index in [-0.39, 0.29) is 24.4 Å². The van der Waals surface area contributed by atoms with E-state index in [2.05, 4.69) is 22.3 Å². The van der Waals surface area contributed by atoms with Gasteiger partial charge in [-0.25, -0.2) is 0 Å². The molecule has 3 atom stereocenters. The summed E-state index contributed by atoms with van der Waals surface area (Å²) >= 11 is 12.1. The molecule has 1 unspecified atom stereocenters. The lowest BCUT2D eigenvalue weighted by Gasteiger charge is -2.24. The predicted molar refractivity (Wildman–Crippen MR) is 115 cm³/mol. The number of nitrogens with zero attached hydrogens (tertiary/aromatic N) is 1. The van der Waals surface area contributed by atoms with Crippen LogP contribution in [0.5, 0.6) is 0 Å². The van der Waals surface area contributed by atoms with E-state index in [0.29, 0.717) is 34.1 Å². The molecule has 3 N–H and O–H groups in total. The van der Waals surface area contributed by atoms with E-state index in [0.717, 1.165) is 13.1 Å². The zero-order valence-corrected chi connectivity index (χ0v) is 17.4. The molecule has 146 valence electrons. The lowest BCUT2D eigenvalue weighted by molar-refractivity contribution is -0.120. The van der Waals surface area contributed by atoms with Crippen molar-refractivity contribution in [2.45, 2.75) is 18.9 Å². The van der Waals surface area contributed by atoms with Crippen molar-refractivity contribution in [1.29, 1.82) is 0 Å². The SMILES string of the molecule is CC(C(=O)Nc1ccc(Cl)cc1Cl)N1C[C@@H](CN)[C@H](c2ccccc2)C1.Cl. The third-order valence-electron chi connectivity index (χ3n) is 5.12. The number of carbonyl (C=O) groups excluding carboxylic acids is 1. The molecule has 1 fully saturated rings. The van der Waals surface area contributed by atoms with Crippen molar-refractivity contribution in [1.82, 2.24) is 4.90 Å². The molecule has 1 aliphatic heterocycles. The molecule has 0 saturated carbocycles. The fraction of sp³-hybridized carbons (Fsp3) is 0.350. The normalized spacial score (nSPS) is 20.7. The van der Waals surface area contributed by atoms with Crippen LogP contribution in [0.4, 0.5) is 5.69 Å². The highest BCUT2D eigenvalue weighted by atomic mass is 35.5. The molecule has 2 aromatic rings. The first-order chi connectivity index (χ1) is 12.5. The fourth-order valence-corrected chi connectivity index (χ4v) is 3.99. The minimum atomic E-state index is -0.274. The van der Waals surface area contributed by atoms with Gasteiger partial charge in [-0.3, -0.25) is 9.69 Å². The molecule has 0 aliphatic carbocycles. The van der Waals surface area contributed by atoms with Crippen molar-refractivity contribution < 1.29 is 4.79 Å². The van der Waals surface area contributed by atoms with Gasteiger partial charge in [-0.05, 0) is 43.1 Å². The average molecular weight is 429 g/mol. The molecule has 7 heteroatoms. The average Bonchev–Trinajstić information content (AvgIpc) is 3.08. The molecule has 0 spiro atoms. The number of nitrogens with two attached hydrogens (primary N) is 1. The largest absolute Gasteiger partial charge is 0.330 e. The van der Waals surface area contributed by atoms with E-state index in [1.165, 1.54) is 5.56 Å². The maximum atomic E-state index is 12.7. The van der Waals surface area contributed by atoms with Crippen LogP contribution in [-0.2, 0) is 4.79 Å². The second-order valence-corrected chi connectivity index (χ2v) is 7.60. The van der Waals surface area contributed by atoms with Crippen LogP contribution in [0.1, 0.15) is 18.4 Å². The summed E-state index contributed by atoms with van der Waals surface area (Å²) in [6, 6.07) is 15.1. The van der Waals surface area contributed by atoms with Crippen LogP contribution in [0.3, 0.4) is 0 Å². The molecule has 1 heterocycles. The topological polar surface area (TPSA) is 58.4 Å². The summed E-state index contributed by atoms with van der Waals surface area (Å²) in [6.07, 6.45) is 0. The second-order valence-electron chi connectivity index (χ2n) is 6.76. The first-order valence-corrected chi connectivity index (χ1v) is 9.50. The Hall–Kier alpha value is -1.30. The minimum Gasteiger partial charge on any atom is -0.330 e. The number of likely N-dealkylation sites (tertiary alicyclic amines) is 1. The smallest absolute Gasteiger partial charge is 0.241 e. The van der Waals surface area contributed by atoms with Gasteiger partial charge < -0.3 is 11.1 Å². The molecule has 1 aliphatic rings. The van der Waals surface area contributed by atoms with Crippen LogP contribution < -0.4 is 11.1 Å². The van der Waals surface area contributed by atoms with Gasteiger partial charge in [0.05, 0.1) is 16.8 Å². The molecule has 3 rings (SSSR count). The summed E-state index contributed by atoms with van der Waals surface area (Å²) in [5.74, 6) is 0.598. The number of carbonyl (C=O) groups is 1. The molecular weight excluding hydrogens is 405 g/mol. The van der Waals surface area contributed by atoms with E-state index in [1.807, 2.05) is 25.1 Å². The van der Waals surface area contributed by atoms with Crippen LogP contribution in [-0.4, -0.2) is 36.5 Å². The first kappa shape index (κ1) is 22.0. The Morgan fingerprint density at radius 1 is 1.22 bits per heavy atom. The summed E-state index contributed by atoms with van der Waals surface area (Å²) < 4.78 is 0. The van der Waals surface area contributed by atoms with Crippen LogP contribution in [0.25, 0.3) is 0 Å². The van der Waals surface area contributed by atoms with E-state index in [4.69, 9.17) is 28.9 Å². The van der Waals surface area contributed by atoms with Gasteiger partial charge in [-0.2, -0.15) is 0 Å². The molecular formula is C20H24Cl3N3O. The molecule has 1 amide bonds. The molecule has 0 radical (unpaired) electrons. The molecule has 1 saturated heterocycles. The van der Waals surface area contributed by atoms with E-state index < -0.39 is 0 Å². The van der Waals surface area contributed by atoms with E-state index in [1.54, 1.807) is 18.2 Å². The van der Waals surface area contributed by atoms with Crippen molar-refractivity contribution in [3.8, 4) is 0 Å². The lowest BCUT2D eigenvalue weighted by atomic mass is 9.89. The number of amides is 1. The summed E-state index contributed by atoms with van der Waals surface area (Å²) in [6.45, 7) is 4.14. The molecule has 2 aromatic carbocycles. The predicted octanol–water partition coefficient (Wildman–Crippen LogP) is 4.42. The Kier molecular flexibility index (Phi) is 7.95. The first-order valence-electron chi connectivity index (χ1n) is 8.74. The molecule has 0 bridgehead atoms. The number of hydrogen-bond donors (Lipinski definition) is 2. The van der Waals surface area contributed by atoms with Crippen LogP contribution >= 0.6 is 35.6 Å². The Balaban J connectivity index is 0.00000261. The number of hydrogen-bond acceptors (Lipinski definition) is 3. The molecule has 4 nitrogen and oxygen atoms in total. The van der Waals surface area contributed by atoms with Gasteiger partial charge >= 0.3 is 0 Å². The maximum Gasteiger partial charge on any atom is 0.241 e. The van der Waals surface area contributed by atoms with Gasteiger partial charge in [0.1, 0.15) is 0 Å². The number of nitrogens with one attached hydrogen (secondary N) is 1. The van der Waals surface area contributed by atoms with E-state index in [9.17, 15) is 4.79 Å². The van der Waals surface area contributed by atoms with Crippen molar-refractivity contribution >= 4 is 47.2 Å². The molecule has 27 heavy (non-hydrogen) atoms. The summed E-state index contributed by atoms with van der Waals surface area (Å²) in [7, 11) is 0. The Morgan fingerprint density at radius 2 is 1.93 bits per heavy atom. The van der Waals surface area contributed by atoms with Gasteiger partial charge in [0.25, 0.3) is 0 Å². The van der Waals surface area contributed by atoms with E-state index >= 15 is 0 Å². The van der Waals surface area contributed by atoms with Crippen LogP contribution in [0.15, 0.2) is 48.5 Å². The zero-order valence-electron chi connectivity index (χ0n) is 15.1. The van der Waals surface area contributed by atoms with Crippen LogP contribution in [0, 0.1) is 5.92 Å². The summed E-state index contributed by atoms with van der Waals surface area (Å²) in [5, 5.41) is 3.87. The lowest BCUT2D eigenvalue weighted by Crippen LogP contribution is -2.41. The zero-order chi connectivity index (χ0) is 18.7. The highest BCUT2D eigenvalue weighted by Gasteiger charge is 2.36. The van der Waals surface area contributed by atoms with Gasteiger partial charge in [0.2, 0.25) is 5.91 Å². The van der Waals surface area contributed by atoms with Gasteiger partial charge in [-0.1, -0.05) is 53.5 Å². The third kappa shape index (κ3) is 5.15. The molecule has 0 aromatic heterocycles. The van der Waals surface area contributed by atoms with Gasteiger partial charge in [-0.15, -0.1) is 12.4 Å². The highest BCUT2D eigenvalue weighted by Crippen LogP contribution is 2.33. The Bertz CT molecular complexity index is 772. The fourth-order valence-electron chi connectivity index (χ4n) is 3.53. The minimum absolute atomic E-state index is 0. The standard InChI is InChI=1S/C20H23Cl2N3O.ClH/c1-13(20(26)24-19-8-7-16(21)9-18(19)22)25-11-15(10-23)17(12-25)14-5-3-2-4-6-14;/h2-9,13,15,17H,10-12,23H2,1H3,(H,24,26);1H/t13?,15-,17+;/m1./s1. The number of halogens is 3. The van der Waals surface area contributed by atoms with Gasteiger partial charge in [0, 0.05) is 24.0 Å².